The number of nitrogens with one attached hydrogen (secondary N) is 2. The van der Waals surface area contributed by atoms with Crippen LogP contribution in [0.2, 0.25) is 0 Å². The van der Waals surface area contributed by atoms with Gasteiger partial charge in [0, 0.05) is 11.3 Å². The molecule has 0 fully saturated rings. The molecule has 0 unspecified atom stereocenters. The molecule has 0 radical (unpaired) electrons. The second kappa shape index (κ2) is 8.79. The van der Waals surface area contributed by atoms with Crippen molar-refractivity contribution in [3.05, 3.63) is 59.7 Å². The van der Waals surface area contributed by atoms with Crippen LogP contribution in [-0.2, 0) is 0 Å². The first-order chi connectivity index (χ1) is 12.0. The van der Waals surface area contributed by atoms with Crippen molar-refractivity contribution in [1.82, 2.24) is 5.32 Å². The minimum Gasteiger partial charge on any atom is -0.545 e. The lowest BCUT2D eigenvalue weighted by Gasteiger charge is -2.11. The van der Waals surface area contributed by atoms with Gasteiger partial charge in [0.25, 0.3) is 5.91 Å². The largest absolute Gasteiger partial charge is 0.545 e. The number of carboxylic acid groups (broad SMARTS) is 1. The van der Waals surface area contributed by atoms with Crippen LogP contribution in [0, 0.1) is 0 Å². The van der Waals surface area contributed by atoms with Gasteiger partial charge in [0.1, 0.15) is 5.75 Å². The zero-order chi connectivity index (χ0) is 18.2. The zero-order valence-electron chi connectivity index (χ0n) is 13.6. The van der Waals surface area contributed by atoms with Gasteiger partial charge in [0.15, 0.2) is 5.11 Å². The van der Waals surface area contributed by atoms with Crippen molar-refractivity contribution in [1.29, 1.82) is 0 Å². The van der Waals surface area contributed by atoms with Gasteiger partial charge in [-0.2, -0.15) is 0 Å². The SMILES string of the molecule is CCCOc1ccc(C(=O)NC(=S)Nc2ccc(C(=O)[O-])cc2)cc1. The van der Waals surface area contributed by atoms with Gasteiger partial charge in [-0.1, -0.05) is 19.1 Å². The normalized spacial score (nSPS) is 9.96. The molecule has 0 aliphatic rings. The lowest BCUT2D eigenvalue weighted by molar-refractivity contribution is -0.255. The van der Waals surface area contributed by atoms with Gasteiger partial charge < -0.3 is 20.0 Å². The maximum atomic E-state index is 12.1. The molecule has 0 bridgehead atoms. The molecule has 2 N–H and O–H groups in total. The number of hydrogen-bond acceptors (Lipinski definition) is 5. The van der Waals surface area contributed by atoms with Gasteiger partial charge >= 0.3 is 0 Å². The van der Waals surface area contributed by atoms with E-state index in [1.54, 1.807) is 24.3 Å². The fourth-order valence-corrected chi connectivity index (χ4v) is 2.16. The Morgan fingerprint density at radius 3 is 2.20 bits per heavy atom. The molecule has 2 aromatic carbocycles. The minimum absolute atomic E-state index is 0.0610. The van der Waals surface area contributed by atoms with Crippen LogP contribution >= 0.6 is 12.2 Å². The lowest BCUT2D eigenvalue weighted by Crippen LogP contribution is -2.34. The van der Waals surface area contributed by atoms with Gasteiger partial charge in [-0.25, -0.2) is 0 Å². The summed E-state index contributed by atoms with van der Waals surface area (Å²) >= 11 is 5.08. The number of ether oxygens (including phenoxy) is 1. The van der Waals surface area contributed by atoms with E-state index >= 15 is 0 Å². The molecule has 0 saturated carbocycles. The van der Waals surface area contributed by atoms with Crippen molar-refractivity contribution in [2.75, 3.05) is 11.9 Å². The van der Waals surface area contributed by atoms with Gasteiger partial charge in [-0.3, -0.25) is 10.1 Å². The molecule has 0 spiro atoms. The Bertz CT molecular complexity index is 758. The van der Waals surface area contributed by atoms with Crippen LogP contribution in [0.25, 0.3) is 0 Å². The Morgan fingerprint density at radius 1 is 1.04 bits per heavy atom. The third kappa shape index (κ3) is 5.58. The molecular weight excluding hydrogens is 340 g/mol. The molecule has 25 heavy (non-hydrogen) atoms. The zero-order valence-corrected chi connectivity index (χ0v) is 14.4. The molecule has 0 aliphatic carbocycles. The van der Waals surface area contributed by atoms with Crippen LogP contribution in [0.5, 0.6) is 5.75 Å². The van der Waals surface area contributed by atoms with E-state index in [-0.39, 0.29) is 16.6 Å². The molecule has 0 saturated heterocycles. The number of carboxylic acids is 1. The van der Waals surface area contributed by atoms with E-state index in [1.807, 2.05) is 6.92 Å². The summed E-state index contributed by atoms with van der Waals surface area (Å²) in [5.41, 5.74) is 1.06. The average molecular weight is 357 g/mol. The molecule has 130 valence electrons. The Labute approximate surface area is 150 Å². The third-order valence-corrected chi connectivity index (χ3v) is 3.40. The second-order valence-electron chi connectivity index (χ2n) is 5.15. The number of rotatable bonds is 6. The summed E-state index contributed by atoms with van der Waals surface area (Å²) in [6, 6.07) is 12.6. The fourth-order valence-electron chi connectivity index (χ4n) is 1.95. The number of thiocarbonyl (C=S) groups is 1. The van der Waals surface area contributed by atoms with Crippen LogP contribution in [0.1, 0.15) is 34.1 Å². The first-order valence-electron chi connectivity index (χ1n) is 7.66. The number of hydrogen-bond donors (Lipinski definition) is 2. The number of benzene rings is 2. The molecule has 0 atom stereocenters. The van der Waals surface area contributed by atoms with E-state index in [2.05, 4.69) is 10.6 Å². The predicted octanol–water partition coefficient (Wildman–Crippen LogP) is 1.97. The van der Waals surface area contributed by atoms with Crippen molar-refractivity contribution in [3.8, 4) is 5.75 Å². The van der Waals surface area contributed by atoms with Gasteiger partial charge in [0.05, 0.1) is 12.6 Å². The maximum absolute atomic E-state index is 12.1. The maximum Gasteiger partial charge on any atom is 0.257 e. The van der Waals surface area contributed by atoms with E-state index in [0.717, 1.165) is 6.42 Å². The van der Waals surface area contributed by atoms with Crippen LogP contribution in [-0.4, -0.2) is 23.6 Å². The number of anilines is 1. The Hall–Kier alpha value is -2.93. The van der Waals surface area contributed by atoms with Crippen LogP contribution in [0.15, 0.2) is 48.5 Å². The van der Waals surface area contributed by atoms with Crippen LogP contribution in [0.3, 0.4) is 0 Å². The van der Waals surface area contributed by atoms with Crippen molar-refractivity contribution in [2.45, 2.75) is 13.3 Å². The van der Waals surface area contributed by atoms with E-state index in [9.17, 15) is 14.7 Å². The third-order valence-electron chi connectivity index (χ3n) is 3.19. The minimum atomic E-state index is -1.26. The Balaban J connectivity index is 1.91. The summed E-state index contributed by atoms with van der Waals surface area (Å²) in [5, 5.41) is 16.2. The highest BCUT2D eigenvalue weighted by molar-refractivity contribution is 7.80. The molecule has 0 heterocycles. The summed E-state index contributed by atoms with van der Waals surface area (Å²) in [4.78, 5) is 22.8. The predicted molar refractivity (Wildman–Crippen MR) is 96.7 cm³/mol. The van der Waals surface area contributed by atoms with Crippen LogP contribution in [0.4, 0.5) is 5.69 Å². The molecule has 0 aliphatic heterocycles. The Kier molecular flexibility index (Phi) is 6.47. The molecule has 2 aromatic rings. The summed E-state index contributed by atoms with van der Waals surface area (Å²) in [5.74, 6) is -0.910. The van der Waals surface area contributed by atoms with Crippen molar-refractivity contribution in [3.63, 3.8) is 0 Å². The molecule has 0 aromatic heterocycles. The van der Waals surface area contributed by atoms with Crippen molar-refractivity contribution >= 4 is 34.9 Å². The molecule has 1 amide bonds. The summed E-state index contributed by atoms with van der Waals surface area (Å²) in [7, 11) is 0. The van der Waals surface area contributed by atoms with E-state index in [0.29, 0.717) is 23.6 Å². The number of aromatic carboxylic acids is 1. The summed E-state index contributed by atoms with van der Waals surface area (Å²) in [6.45, 7) is 2.64. The number of carbonyl (C=O) groups excluding carboxylic acids is 2. The fraction of sp³-hybridized carbons (Fsp3) is 0.167. The van der Waals surface area contributed by atoms with Crippen molar-refractivity contribution in [2.24, 2.45) is 0 Å². The topological polar surface area (TPSA) is 90.5 Å². The number of carbonyl (C=O) groups is 2. The van der Waals surface area contributed by atoms with E-state index < -0.39 is 5.97 Å². The molecule has 2 rings (SSSR count). The summed E-state index contributed by atoms with van der Waals surface area (Å²) < 4.78 is 5.46. The smallest absolute Gasteiger partial charge is 0.257 e. The monoisotopic (exact) mass is 357 g/mol. The van der Waals surface area contributed by atoms with Gasteiger partial charge in [-0.15, -0.1) is 0 Å². The number of amides is 1. The first-order valence-corrected chi connectivity index (χ1v) is 8.07. The second-order valence-corrected chi connectivity index (χ2v) is 5.55. The molecule has 6 nitrogen and oxygen atoms in total. The molecule has 7 heteroatoms. The highest BCUT2D eigenvalue weighted by Crippen LogP contribution is 2.13. The summed E-state index contributed by atoms with van der Waals surface area (Å²) in [6.07, 6.45) is 0.909. The van der Waals surface area contributed by atoms with Gasteiger partial charge in [-0.05, 0) is 60.6 Å². The highest BCUT2D eigenvalue weighted by atomic mass is 32.1. The standard InChI is InChI=1S/C18H18N2O4S/c1-2-11-24-15-9-5-12(6-10-15)16(21)20-18(25)19-14-7-3-13(4-8-14)17(22)23/h3-10H,2,11H2,1H3,(H,22,23)(H2,19,20,21,25)/p-1. The van der Waals surface area contributed by atoms with E-state index in [1.165, 1.54) is 24.3 Å². The van der Waals surface area contributed by atoms with E-state index in [4.69, 9.17) is 17.0 Å². The highest BCUT2D eigenvalue weighted by Gasteiger charge is 2.08. The first kappa shape index (κ1) is 18.4. The Morgan fingerprint density at radius 2 is 1.64 bits per heavy atom. The van der Waals surface area contributed by atoms with Gasteiger partial charge in [0.2, 0.25) is 0 Å². The molecular formula is C18H17N2O4S-. The van der Waals surface area contributed by atoms with Crippen LogP contribution < -0.4 is 20.5 Å². The average Bonchev–Trinajstić information content (AvgIpc) is 2.60. The quantitative estimate of drug-likeness (QED) is 0.768. The lowest BCUT2D eigenvalue weighted by atomic mass is 10.2. The van der Waals surface area contributed by atoms with Crippen molar-refractivity contribution < 1.29 is 19.4 Å².